The number of carbonyl (C=O) groups excluding carboxylic acids is 2. The number of unbranched alkanes of at least 4 members (excludes halogenated alkanes) is 1. The first-order valence-electron chi connectivity index (χ1n) is 8.00. The topological polar surface area (TPSA) is 58.6 Å². The molecule has 5 nitrogen and oxygen atoms in total. The Morgan fingerprint density at radius 1 is 1.43 bits per heavy atom. The zero-order chi connectivity index (χ0) is 16.8. The molecule has 1 heterocycles. The van der Waals surface area contributed by atoms with Crippen LogP contribution in [0.3, 0.4) is 0 Å². The minimum atomic E-state index is -0.494. The van der Waals surface area contributed by atoms with Crippen LogP contribution < -0.4 is 5.32 Å². The monoisotopic (exact) mass is 338 g/mol. The Morgan fingerprint density at radius 2 is 2.22 bits per heavy atom. The van der Waals surface area contributed by atoms with Crippen molar-refractivity contribution in [3.8, 4) is 0 Å². The average Bonchev–Trinajstić information content (AvgIpc) is 3.03. The van der Waals surface area contributed by atoms with Crippen LogP contribution in [0.5, 0.6) is 0 Å². The summed E-state index contributed by atoms with van der Waals surface area (Å²) in [6, 6.07) is 4.68. The largest absolute Gasteiger partial charge is 0.467 e. The minimum Gasteiger partial charge on any atom is -0.467 e. The number of ether oxygens (including phenoxy) is 1. The van der Waals surface area contributed by atoms with Crippen LogP contribution in [0.15, 0.2) is 18.2 Å². The molecular weight excluding hydrogens is 316 g/mol. The maximum absolute atomic E-state index is 12.9. The van der Waals surface area contributed by atoms with Crippen LogP contribution in [-0.4, -0.2) is 43.0 Å². The highest BCUT2D eigenvalue weighted by Crippen LogP contribution is 2.27. The molecule has 1 amide bonds. The summed E-state index contributed by atoms with van der Waals surface area (Å²) in [5.41, 5.74) is 1.26. The van der Waals surface area contributed by atoms with Gasteiger partial charge < -0.3 is 15.0 Å². The van der Waals surface area contributed by atoms with E-state index in [4.69, 9.17) is 16.3 Å². The number of carbonyl (C=O) groups is 2. The molecule has 1 N–H and O–H groups in total. The van der Waals surface area contributed by atoms with E-state index in [0.717, 1.165) is 25.8 Å². The molecule has 0 radical (unpaired) electrons. The lowest BCUT2D eigenvalue weighted by molar-refractivity contribution is -0.145. The molecule has 23 heavy (non-hydrogen) atoms. The Balaban J connectivity index is 2.22. The second-order valence-corrected chi connectivity index (χ2v) is 6.09. The van der Waals surface area contributed by atoms with Crippen molar-refractivity contribution in [3.05, 3.63) is 28.8 Å². The lowest BCUT2D eigenvalue weighted by Gasteiger charge is -2.24. The summed E-state index contributed by atoms with van der Waals surface area (Å²) in [6.45, 7) is 3.45. The van der Waals surface area contributed by atoms with Crippen molar-refractivity contribution >= 4 is 29.2 Å². The first kappa shape index (κ1) is 17.6. The van der Waals surface area contributed by atoms with Gasteiger partial charge in [-0.15, -0.1) is 0 Å². The van der Waals surface area contributed by atoms with Gasteiger partial charge in [0.2, 0.25) is 0 Å². The number of likely N-dealkylation sites (tertiary alicyclic amines) is 1. The van der Waals surface area contributed by atoms with Gasteiger partial charge in [-0.05, 0) is 37.5 Å². The van der Waals surface area contributed by atoms with Gasteiger partial charge in [0, 0.05) is 23.8 Å². The van der Waals surface area contributed by atoms with E-state index in [2.05, 4.69) is 12.2 Å². The molecule has 0 aromatic heterocycles. The average molecular weight is 339 g/mol. The fourth-order valence-electron chi connectivity index (χ4n) is 2.79. The number of rotatable bonds is 6. The van der Waals surface area contributed by atoms with E-state index in [1.54, 1.807) is 23.1 Å². The molecule has 1 aromatic rings. The molecule has 1 atom stereocenters. The summed E-state index contributed by atoms with van der Waals surface area (Å²) in [4.78, 5) is 26.3. The summed E-state index contributed by atoms with van der Waals surface area (Å²) < 4.78 is 4.81. The molecular formula is C17H23ClN2O3. The van der Waals surface area contributed by atoms with Crippen molar-refractivity contribution in [2.45, 2.75) is 38.6 Å². The highest BCUT2D eigenvalue weighted by Gasteiger charge is 2.35. The predicted octanol–water partition coefficient (Wildman–Crippen LogP) is 3.33. The van der Waals surface area contributed by atoms with E-state index in [1.807, 2.05) is 0 Å². The fourth-order valence-corrected chi connectivity index (χ4v) is 2.97. The number of methoxy groups -OCH3 is 1. The van der Waals surface area contributed by atoms with E-state index in [-0.39, 0.29) is 11.9 Å². The zero-order valence-electron chi connectivity index (χ0n) is 13.6. The van der Waals surface area contributed by atoms with Crippen LogP contribution in [0, 0.1) is 0 Å². The van der Waals surface area contributed by atoms with Crippen molar-refractivity contribution in [1.29, 1.82) is 0 Å². The van der Waals surface area contributed by atoms with Crippen molar-refractivity contribution in [1.82, 2.24) is 4.90 Å². The first-order valence-corrected chi connectivity index (χ1v) is 8.38. The highest BCUT2D eigenvalue weighted by molar-refractivity contribution is 6.31. The molecule has 1 aliphatic rings. The smallest absolute Gasteiger partial charge is 0.328 e. The molecule has 0 saturated carbocycles. The quantitative estimate of drug-likeness (QED) is 0.638. The van der Waals surface area contributed by atoms with Crippen molar-refractivity contribution < 1.29 is 14.3 Å². The second-order valence-electron chi connectivity index (χ2n) is 5.65. The maximum Gasteiger partial charge on any atom is 0.328 e. The summed E-state index contributed by atoms with van der Waals surface area (Å²) in [5.74, 6) is -0.515. The van der Waals surface area contributed by atoms with Crippen LogP contribution in [0.4, 0.5) is 5.69 Å². The molecule has 0 unspecified atom stereocenters. The van der Waals surface area contributed by atoms with Crippen LogP contribution >= 0.6 is 11.6 Å². The standard InChI is InChI=1S/C17H23ClN2O3/c1-3-4-9-19-14-11-12(18)7-8-13(14)16(21)20-10-5-6-15(20)17(22)23-2/h7-8,11,15,19H,3-6,9-10H2,1-2H3/t15-/m0/s1. The van der Waals surface area contributed by atoms with E-state index in [9.17, 15) is 9.59 Å². The summed E-state index contributed by atoms with van der Waals surface area (Å²) in [5, 5.41) is 3.84. The number of hydrogen-bond donors (Lipinski definition) is 1. The number of benzene rings is 1. The van der Waals surface area contributed by atoms with Gasteiger partial charge in [-0.25, -0.2) is 4.79 Å². The van der Waals surface area contributed by atoms with Crippen molar-refractivity contribution in [3.63, 3.8) is 0 Å². The molecule has 126 valence electrons. The SMILES string of the molecule is CCCCNc1cc(Cl)ccc1C(=O)N1CCC[C@H]1C(=O)OC. The number of nitrogens with one attached hydrogen (secondary N) is 1. The number of amides is 1. The molecule has 1 aliphatic heterocycles. The number of esters is 1. The van der Waals surface area contributed by atoms with Crippen LogP contribution in [0.25, 0.3) is 0 Å². The van der Waals surface area contributed by atoms with Gasteiger partial charge in [0.1, 0.15) is 6.04 Å². The Morgan fingerprint density at radius 3 is 2.91 bits per heavy atom. The van der Waals surface area contributed by atoms with Gasteiger partial charge in [-0.1, -0.05) is 24.9 Å². The Labute approximate surface area is 141 Å². The number of nitrogens with zero attached hydrogens (tertiary/aromatic N) is 1. The molecule has 6 heteroatoms. The highest BCUT2D eigenvalue weighted by atomic mass is 35.5. The maximum atomic E-state index is 12.9. The third-order valence-electron chi connectivity index (χ3n) is 4.04. The minimum absolute atomic E-state index is 0.159. The van der Waals surface area contributed by atoms with Crippen LogP contribution in [0.2, 0.25) is 5.02 Å². The summed E-state index contributed by atoms with van der Waals surface area (Å²) in [7, 11) is 1.35. The third kappa shape index (κ3) is 4.16. The summed E-state index contributed by atoms with van der Waals surface area (Å²) >= 11 is 6.06. The Hall–Kier alpha value is -1.75. The molecule has 1 saturated heterocycles. The molecule has 0 bridgehead atoms. The van der Waals surface area contributed by atoms with Crippen molar-refractivity contribution in [2.24, 2.45) is 0 Å². The molecule has 1 fully saturated rings. The Kier molecular flexibility index (Phi) is 6.28. The van der Waals surface area contributed by atoms with Crippen LogP contribution in [-0.2, 0) is 9.53 Å². The number of hydrogen-bond acceptors (Lipinski definition) is 4. The van der Waals surface area contributed by atoms with Crippen LogP contribution in [0.1, 0.15) is 43.0 Å². The number of halogens is 1. The lowest BCUT2D eigenvalue weighted by Crippen LogP contribution is -2.41. The Bertz CT molecular complexity index is 577. The van der Waals surface area contributed by atoms with E-state index in [1.165, 1.54) is 7.11 Å². The number of anilines is 1. The van der Waals surface area contributed by atoms with Gasteiger partial charge in [0.25, 0.3) is 5.91 Å². The molecule has 0 aliphatic carbocycles. The first-order chi connectivity index (χ1) is 11.1. The predicted molar refractivity (Wildman–Crippen MR) is 90.9 cm³/mol. The normalized spacial score (nSPS) is 17.2. The van der Waals surface area contributed by atoms with Gasteiger partial charge in [0.05, 0.1) is 12.7 Å². The van der Waals surface area contributed by atoms with Gasteiger partial charge in [-0.3, -0.25) is 4.79 Å². The second kappa shape index (κ2) is 8.20. The van der Waals surface area contributed by atoms with Gasteiger partial charge in [0.15, 0.2) is 0 Å². The zero-order valence-corrected chi connectivity index (χ0v) is 14.4. The van der Waals surface area contributed by atoms with Crippen molar-refractivity contribution in [2.75, 3.05) is 25.5 Å². The van der Waals surface area contributed by atoms with Gasteiger partial charge >= 0.3 is 5.97 Å². The van der Waals surface area contributed by atoms with E-state index >= 15 is 0 Å². The fraction of sp³-hybridized carbons (Fsp3) is 0.529. The van der Waals surface area contributed by atoms with E-state index in [0.29, 0.717) is 29.2 Å². The molecule has 2 rings (SSSR count). The molecule has 1 aromatic carbocycles. The molecule has 0 spiro atoms. The van der Waals surface area contributed by atoms with E-state index < -0.39 is 6.04 Å². The van der Waals surface area contributed by atoms with Gasteiger partial charge in [-0.2, -0.15) is 0 Å². The summed E-state index contributed by atoms with van der Waals surface area (Å²) in [6.07, 6.45) is 3.52. The lowest BCUT2D eigenvalue weighted by atomic mass is 10.1. The third-order valence-corrected chi connectivity index (χ3v) is 4.28.